The molecule has 9 aromatic carbocycles. The number of nitrogens with zero attached hydrogens (tertiary/aromatic N) is 3. The summed E-state index contributed by atoms with van der Waals surface area (Å²) < 4.78 is 7.25. The van der Waals surface area contributed by atoms with Gasteiger partial charge in [-0.15, -0.1) is 0 Å². The Balaban J connectivity index is 1.05. The molecule has 0 amide bonds. The lowest BCUT2D eigenvalue weighted by Gasteiger charge is -2.10. The van der Waals surface area contributed by atoms with Crippen LogP contribution < -0.4 is 0 Å². The second-order valence-electron chi connectivity index (χ2n) is 14.9. The van der Waals surface area contributed by atoms with Gasteiger partial charge in [0.2, 0.25) is 0 Å². The van der Waals surface area contributed by atoms with E-state index in [9.17, 15) is 0 Å². The average molecular weight is 726 g/mol. The topological polar surface area (TPSA) is 14.8 Å². The highest BCUT2D eigenvalue weighted by Crippen LogP contribution is 2.43. The molecule has 0 fully saturated rings. The van der Waals surface area contributed by atoms with Gasteiger partial charge in [-0.25, -0.2) is 0 Å². The Bertz CT molecular complexity index is 3500. The average Bonchev–Trinajstić information content (AvgIpc) is 3.92. The van der Waals surface area contributed by atoms with Crippen LogP contribution in [0.4, 0.5) is 0 Å². The van der Waals surface area contributed by atoms with Crippen LogP contribution in [0.1, 0.15) is 0 Å². The molecule has 3 nitrogen and oxygen atoms in total. The third kappa shape index (κ3) is 4.79. The van der Waals surface area contributed by atoms with Crippen molar-refractivity contribution in [1.82, 2.24) is 13.7 Å². The van der Waals surface area contributed by atoms with Gasteiger partial charge >= 0.3 is 0 Å². The number of rotatable bonds is 5. The van der Waals surface area contributed by atoms with Gasteiger partial charge in [0, 0.05) is 49.4 Å². The van der Waals surface area contributed by atoms with E-state index in [0.717, 1.165) is 11.4 Å². The van der Waals surface area contributed by atoms with Gasteiger partial charge in [0.05, 0.1) is 33.1 Å². The molecule has 0 spiro atoms. The Morgan fingerprint density at radius 2 is 0.649 bits per heavy atom. The van der Waals surface area contributed by atoms with Gasteiger partial charge < -0.3 is 13.7 Å². The highest BCUT2D eigenvalue weighted by molar-refractivity contribution is 6.26. The van der Waals surface area contributed by atoms with Crippen molar-refractivity contribution in [2.45, 2.75) is 0 Å². The molecule has 0 radical (unpaired) electrons. The second-order valence-corrected chi connectivity index (χ2v) is 14.9. The van der Waals surface area contributed by atoms with Crippen molar-refractivity contribution in [3.8, 4) is 39.3 Å². The molecule has 0 N–H and O–H groups in total. The molecule has 3 heteroatoms. The zero-order valence-corrected chi connectivity index (χ0v) is 31.0. The van der Waals surface area contributed by atoms with Crippen molar-refractivity contribution in [1.29, 1.82) is 0 Å². The van der Waals surface area contributed by atoms with Gasteiger partial charge in [-0.2, -0.15) is 0 Å². The summed E-state index contributed by atoms with van der Waals surface area (Å²) in [6.07, 6.45) is 0. The molecule has 0 aliphatic heterocycles. The van der Waals surface area contributed by atoms with Crippen LogP contribution in [-0.4, -0.2) is 13.7 Å². The SMILES string of the molecule is c1ccc(-n2c3ccccc3c3cc(-c4cccc(-c5ccc6c(c5)c5ccc7c(c8ccccc8n7-c7ccccc7)c5n6-c5ccccc5)c4)ccc32)cc1. The fourth-order valence-corrected chi connectivity index (χ4v) is 9.33. The van der Waals surface area contributed by atoms with Crippen molar-refractivity contribution < 1.29 is 0 Å². The minimum absolute atomic E-state index is 1.15. The van der Waals surface area contributed by atoms with Gasteiger partial charge in [0.25, 0.3) is 0 Å². The molecule has 0 aliphatic carbocycles. The molecular formula is C54H35N3. The minimum atomic E-state index is 1.15. The van der Waals surface area contributed by atoms with Crippen molar-refractivity contribution in [2.24, 2.45) is 0 Å². The molecular weight excluding hydrogens is 691 g/mol. The molecule has 0 atom stereocenters. The minimum Gasteiger partial charge on any atom is -0.309 e. The molecule has 57 heavy (non-hydrogen) atoms. The van der Waals surface area contributed by atoms with Gasteiger partial charge in [0.1, 0.15) is 0 Å². The lowest BCUT2D eigenvalue weighted by Crippen LogP contribution is -1.95. The van der Waals surface area contributed by atoms with Gasteiger partial charge in [-0.3, -0.25) is 0 Å². The van der Waals surface area contributed by atoms with E-state index in [0.29, 0.717) is 0 Å². The predicted octanol–water partition coefficient (Wildman–Crippen LogP) is 14.3. The van der Waals surface area contributed by atoms with Crippen LogP contribution in [0, 0.1) is 0 Å². The first-order valence-electron chi connectivity index (χ1n) is 19.6. The van der Waals surface area contributed by atoms with Crippen LogP contribution in [0.3, 0.4) is 0 Å². The summed E-state index contributed by atoms with van der Waals surface area (Å²) in [4.78, 5) is 0. The van der Waals surface area contributed by atoms with E-state index >= 15 is 0 Å². The maximum absolute atomic E-state index is 2.47. The molecule has 12 aromatic rings. The van der Waals surface area contributed by atoms with E-state index < -0.39 is 0 Å². The van der Waals surface area contributed by atoms with Crippen molar-refractivity contribution in [2.75, 3.05) is 0 Å². The van der Waals surface area contributed by atoms with Crippen molar-refractivity contribution in [3.63, 3.8) is 0 Å². The van der Waals surface area contributed by atoms with Crippen LogP contribution in [-0.2, 0) is 0 Å². The van der Waals surface area contributed by atoms with Crippen molar-refractivity contribution >= 4 is 65.4 Å². The summed E-state index contributed by atoms with van der Waals surface area (Å²) in [7, 11) is 0. The highest BCUT2D eigenvalue weighted by atomic mass is 15.0. The maximum atomic E-state index is 2.47. The first-order chi connectivity index (χ1) is 28.3. The Labute approximate surface area is 329 Å². The summed E-state index contributed by atoms with van der Waals surface area (Å²) in [6, 6.07) is 77.3. The summed E-state index contributed by atoms with van der Waals surface area (Å²) in [5.41, 5.74) is 15.6. The number of fused-ring (bicyclic) bond motifs is 10. The maximum Gasteiger partial charge on any atom is 0.0641 e. The predicted molar refractivity (Wildman–Crippen MR) is 240 cm³/mol. The third-order valence-electron chi connectivity index (χ3n) is 11.8. The molecule has 0 saturated carbocycles. The van der Waals surface area contributed by atoms with Crippen LogP contribution in [0.15, 0.2) is 212 Å². The largest absolute Gasteiger partial charge is 0.309 e. The molecule has 0 aliphatic rings. The van der Waals surface area contributed by atoms with Crippen LogP contribution in [0.25, 0.3) is 105 Å². The Morgan fingerprint density at radius 3 is 1.26 bits per heavy atom. The van der Waals surface area contributed by atoms with E-state index in [-0.39, 0.29) is 0 Å². The van der Waals surface area contributed by atoms with E-state index in [2.05, 4.69) is 226 Å². The van der Waals surface area contributed by atoms with E-state index in [1.165, 1.54) is 93.4 Å². The first-order valence-corrected chi connectivity index (χ1v) is 19.6. The van der Waals surface area contributed by atoms with Crippen molar-refractivity contribution in [3.05, 3.63) is 212 Å². The first kappa shape index (κ1) is 31.7. The van der Waals surface area contributed by atoms with Gasteiger partial charge in [0.15, 0.2) is 0 Å². The van der Waals surface area contributed by atoms with E-state index in [1.54, 1.807) is 0 Å². The van der Waals surface area contributed by atoms with E-state index in [4.69, 9.17) is 0 Å². The highest BCUT2D eigenvalue weighted by Gasteiger charge is 2.21. The second kappa shape index (κ2) is 12.5. The molecule has 0 saturated heterocycles. The number of hydrogen-bond acceptors (Lipinski definition) is 0. The summed E-state index contributed by atoms with van der Waals surface area (Å²) >= 11 is 0. The molecule has 3 aromatic heterocycles. The summed E-state index contributed by atoms with van der Waals surface area (Å²) in [6.45, 7) is 0. The molecule has 3 heterocycles. The normalized spacial score (nSPS) is 11.9. The lowest BCUT2D eigenvalue weighted by atomic mass is 9.97. The van der Waals surface area contributed by atoms with Crippen LogP contribution in [0.2, 0.25) is 0 Å². The fraction of sp³-hybridized carbons (Fsp3) is 0. The monoisotopic (exact) mass is 725 g/mol. The van der Waals surface area contributed by atoms with Gasteiger partial charge in [-0.05, 0) is 107 Å². The number of benzene rings is 9. The smallest absolute Gasteiger partial charge is 0.0641 e. The Kier molecular flexibility index (Phi) is 6.93. The Hall–Kier alpha value is -7.62. The summed E-state index contributed by atoms with van der Waals surface area (Å²) in [5, 5.41) is 7.52. The van der Waals surface area contributed by atoms with Crippen LogP contribution >= 0.6 is 0 Å². The Morgan fingerprint density at radius 1 is 0.228 bits per heavy atom. The molecule has 0 bridgehead atoms. The lowest BCUT2D eigenvalue weighted by molar-refractivity contribution is 1.17. The zero-order valence-electron chi connectivity index (χ0n) is 31.0. The molecule has 12 rings (SSSR count). The number of hydrogen-bond donors (Lipinski definition) is 0. The van der Waals surface area contributed by atoms with Gasteiger partial charge in [-0.1, -0.05) is 127 Å². The summed E-state index contributed by atoms with van der Waals surface area (Å²) in [5.74, 6) is 0. The third-order valence-corrected chi connectivity index (χ3v) is 11.8. The molecule has 0 unspecified atom stereocenters. The quantitative estimate of drug-likeness (QED) is 0.168. The van der Waals surface area contributed by atoms with E-state index in [1.807, 2.05) is 0 Å². The number of para-hydroxylation sites is 5. The fourth-order valence-electron chi connectivity index (χ4n) is 9.33. The molecule has 266 valence electrons. The number of aromatic nitrogens is 3. The van der Waals surface area contributed by atoms with Crippen LogP contribution in [0.5, 0.6) is 0 Å². The zero-order chi connectivity index (χ0) is 37.5. The standard InChI is InChI=1S/C54H35N3/c1-4-17-40(18-5-1)55-48-25-12-10-23-43(48)46-34-38(27-30-50(46)55)36-15-14-16-37(33-36)39-28-31-51-47(35-39)44-29-32-52-53(54(44)57(51)42-21-8-3-9-22-42)45-24-11-13-26-49(45)56(52)41-19-6-2-7-20-41/h1-35H.